The van der Waals surface area contributed by atoms with Crippen LogP contribution in [0.2, 0.25) is 0 Å². The van der Waals surface area contributed by atoms with E-state index in [4.69, 9.17) is 5.10 Å². The summed E-state index contributed by atoms with van der Waals surface area (Å²) in [7, 11) is 0. The van der Waals surface area contributed by atoms with Crippen LogP contribution in [0.25, 0.3) is 5.65 Å². The van der Waals surface area contributed by atoms with E-state index in [0.717, 1.165) is 48.2 Å². The summed E-state index contributed by atoms with van der Waals surface area (Å²) in [4.78, 5) is 4.51. The minimum Gasteiger partial charge on any atom is -0.312 e. The van der Waals surface area contributed by atoms with Gasteiger partial charge in [0.15, 0.2) is 5.65 Å². The third-order valence-electron chi connectivity index (χ3n) is 3.18. The maximum Gasteiger partial charge on any atom is 0.169 e. The van der Waals surface area contributed by atoms with Crippen LogP contribution >= 0.6 is 15.9 Å². The van der Waals surface area contributed by atoms with Crippen LogP contribution in [0.5, 0.6) is 0 Å². The number of hydrogen-bond acceptors (Lipinski definition) is 3. The quantitative estimate of drug-likeness (QED) is 0.922. The number of aromatic nitrogens is 3. The van der Waals surface area contributed by atoms with Crippen molar-refractivity contribution in [3.05, 3.63) is 27.6 Å². The second kappa shape index (κ2) is 4.38. The minimum absolute atomic E-state index is 0.902. The van der Waals surface area contributed by atoms with Gasteiger partial charge in [-0.05, 0) is 22.4 Å². The van der Waals surface area contributed by atoms with Gasteiger partial charge in [-0.3, -0.25) is 0 Å². The Kier molecular flexibility index (Phi) is 2.88. The van der Waals surface area contributed by atoms with Crippen LogP contribution < -0.4 is 5.32 Å². The monoisotopic (exact) mass is 294 g/mol. The van der Waals surface area contributed by atoms with Crippen molar-refractivity contribution >= 4 is 21.6 Å². The second-order valence-corrected chi connectivity index (χ2v) is 5.20. The van der Waals surface area contributed by atoms with E-state index < -0.39 is 0 Å². The van der Waals surface area contributed by atoms with Crippen molar-refractivity contribution in [2.45, 2.75) is 32.7 Å². The normalized spacial score (nSPS) is 15.2. The molecule has 0 aliphatic carbocycles. The highest BCUT2D eigenvalue weighted by Crippen LogP contribution is 2.25. The lowest BCUT2D eigenvalue weighted by molar-refractivity contribution is 0.608. The Labute approximate surface area is 109 Å². The molecule has 5 heteroatoms. The Morgan fingerprint density at radius 2 is 2.41 bits per heavy atom. The summed E-state index contributed by atoms with van der Waals surface area (Å²) in [6.07, 6.45) is 5.09. The molecule has 0 aromatic carbocycles. The first-order chi connectivity index (χ1) is 8.31. The molecule has 17 heavy (non-hydrogen) atoms. The van der Waals surface area contributed by atoms with Crippen LogP contribution in [0.1, 0.15) is 30.3 Å². The number of aryl methyl sites for hydroxylation is 1. The molecule has 0 atom stereocenters. The van der Waals surface area contributed by atoms with Gasteiger partial charge in [0.2, 0.25) is 0 Å². The van der Waals surface area contributed by atoms with Crippen molar-refractivity contribution in [3.8, 4) is 0 Å². The molecule has 0 radical (unpaired) electrons. The molecule has 2 aromatic heterocycles. The van der Waals surface area contributed by atoms with Crippen molar-refractivity contribution < 1.29 is 0 Å². The van der Waals surface area contributed by atoms with Gasteiger partial charge in [0.1, 0.15) is 0 Å². The zero-order valence-corrected chi connectivity index (χ0v) is 11.4. The highest BCUT2D eigenvalue weighted by atomic mass is 79.9. The summed E-state index contributed by atoms with van der Waals surface area (Å²) in [5, 5.41) is 8.05. The molecule has 0 bridgehead atoms. The zero-order valence-electron chi connectivity index (χ0n) is 9.83. The van der Waals surface area contributed by atoms with Gasteiger partial charge in [-0.25, -0.2) is 9.50 Å². The first kappa shape index (κ1) is 11.2. The lowest BCUT2D eigenvalue weighted by Gasteiger charge is -2.16. The van der Waals surface area contributed by atoms with Gasteiger partial charge in [-0.15, -0.1) is 0 Å². The number of hydrogen-bond donors (Lipinski definition) is 1. The predicted molar refractivity (Wildman–Crippen MR) is 70.1 cm³/mol. The molecule has 3 heterocycles. The van der Waals surface area contributed by atoms with Gasteiger partial charge >= 0.3 is 0 Å². The van der Waals surface area contributed by atoms with Crippen molar-refractivity contribution in [2.75, 3.05) is 6.54 Å². The fourth-order valence-electron chi connectivity index (χ4n) is 2.32. The van der Waals surface area contributed by atoms with E-state index in [1.54, 1.807) is 0 Å². The van der Waals surface area contributed by atoms with Crippen LogP contribution in [-0.4, -0.2) is 21.1 Å². The topological polar surface area (TPSA) is 42.2 Å². The van der Waals surface area contributed by atoms with Gasteiger partial charge < -0.3 is 5.32 Å². The number of rotatable bonds is 2. The molecule has 0 saturated heterocycles. The van der Waals surface area contributed by atoms with Crippen LogP contribution in [0.15, 0.2) is 10.7 Å². The Hall–Kier alpha value is -0.940. The summed E-state index contributed by atoms with van der Waals surface area (Å²) in [5.41, 5.74) is 4.64. The average molecular weight is 295 g/mol. The smallest absolute Gasteiger partial charge is 0.169 e. The largest absolute Gasteiger partial charge is 0.312 e. The van der Waals surface area contributed by atoms with Crippen LogP contribution in [0, 0.1) is 0 Å². The van der Waals surface area contributed by atoms with E-state index in [9.17, 15) is 0 Å². The van der Waals surface area contributed by atoms with Crippen molar-refractivity contribution in [3.63, 3.8) is 0 Å². The maximum absolute atomic E-state index is 4.69. The summed E-state index contributed by atoms with van der Waals surface area (Å²) < 4.78 is 3.08. The number of fused-ring (bicyclic) bond motifs is 3. The highest BCUT2D eigenvalue weighted by Gasteiger charge is 2.17. The summed E-state index contributed by atoms with van der Waals surface area (Å²) in [6, 6.07) is 0. The molecule has 1 N–H and O–H groups in total. The minimum atomic E-state index is 0.902. The van der Waals surface area contributed by atoms with Crippen LogP contribution in [-0.2, 0) is 19.4 Å². The van der Waals surface area contributed by atoms with Crippen molar-refractivity contribution in [1.82, 2.24) is 19.9 Å². The zero-order chi connectivity index (χ0) is 11.8. The van der Waals surface area contributed by atoms with Gasteiger partial charge in [0.25, 0.3) is 0 Å². The SMILES string of the molecule is CCCc1nn2c3c(cnc2c1Br)CNCC3. The van der Waals surface area contributed by atoms with Gasteiger partial charge in [-0.2, -0.15) is 5.10 Å². The number of halogens is 1. The van der Waals surface area contributed by atoms with E-state index in [0.29, 0.717) is 0 Å². The lowest BCUT2D eigenvalue weighted by atomic mass is 10.1. The van der Waals surface area contributed by atoms with Gasteiger partial charge in [0, 0.05) is 31.3 Å². The average Bonchev–Trinajstić information content (AvgIpc) is 2.68. The van der Waals surface area contributed by atoms with E-state index >= 15 is 0 Å². The van der Waals surface area contributed by atoms with E-state index in [2.05, 4.69) is 33.2 Å². The summed E-state index contributed by atoms with van der Waals surface area (Å²) in [6.45, 7) is 4.09. The molecule has 4 nitrogen and oxygen atoms in total. The Morgan fingerprint density at radius 3 is 3.24 bits per heavy atom. The molecule has 1 aliphatic rings. The van der Waals surface area contributed by atoms with Crippen LogP contribution in [0.3, 0.4) is 0 Å². The number of nitrogens with zero attached hydrogens (tertiary/aromatic N) is 3. The van der Waals surface area contributed by atoms with Gasteiger partial charge in [0.05, 0.1) is 15.9 Å². The highest BCUT2D eigenvalue weighted by molar-refractivity contribution is 9.10. The molecule has 0 spiro atoms. The molecule has 0 unspecified atom stereocenters. The molecule has 90 valence electrons. The van der Waals surface area contributed by atoms with E-state index in [1.807, 2.05) is 10.7 Å². The third-order valence-corrected chi connectivity index (χ3v) is 3.99. The first-order valence-electron chi connectivity index (χ1n) is 6.06. The van der Waals surface area contributed by atoms with Crippen molar-refractivity contribution in [2.24, 2.45) is 0 Å². The second-order valence-electron chi connectivity index (χ2n) is 4.40. The van der Waals surface area contributed by atoms with E-state index in [-0.39, 0.29) is 0 Å². The molecular formula is C12H15BrN4. The predicted octanol–water partition coefficient (Wildman–Crippen LogP) is 2.09. The molecule has 0 fully saturated rings. The fraction of sp³-hybridized carbons (Fsp3) is 0.500. The lowest BCUT2D eigenvalue weighted by Crippen LogP contribution is -2.26. The molecule has 0 amide bonds. The van der Waals surface area contributed by atoms with Crippen LogP contribution in [0.4, 0.5) is 0 Å². The molecule has 3 rings (SSSR count). The number of nitrogens with one attached hydrogen (secondary N) is 1. The third kappa shape index (κ3) is 1.77. The Balaban J connectivity index is 2.22. The maximum atomic E-state index is 4.69. The Morgan fingerprint density at radius 1 is 1.53 bits per heavy atom. The van der Waals surface area contributed by atoms with E-state index in [1.165, 1.54) is 11.3 Å². The van der Waals surface area contributed by atoms with Crippen molar-refractivity contribution in [1.29, 1.82) is 0 Å². The summed E-state index contributed by atoms with van der Waals surface area (Å²) in [5.74, 6) is 0. The first-order valence-corrected chi connectivity index (χ1v) is 6.85. The molecule has 2 aromatic rings. The van der Waals surface area contributed by atoms with Gasteiger partial charge in [-0.1, -0.05) is 13.3 Å². The fourth-order valence-corrected chi connectivity index (χ4v) is 2.87. The summed E-state index contributed by atoms with van der Waals surface area (Å²) >= 11 is 3.62. The molecule has 1 aliphatic heterocycles. The Bertz CT molecular complexity index is 561. The molecule has 0 saturated carbocycles. The molecular weight excluding hydrogens is 280 g/mol. The standard InChI is InChI=1S/C12H15BrN4/c1-2-3-9-11(13)12-15-7-8-6-14-5-4-10(8)17(12)16-9/h7,14H,2-6H2,1H3.